The molecule has 122 valence electrons. The molecule has 2 fully saturated rings. The van der Waals surface area contributed by atoms with Crippen LogP contribution in [0.25, 0.3) is 0 Å². The molecule has 3 rings (SSSR count). The van der Waals surface area contributed by atoms with E-state index in [0.29, 0.717) is 25.2 Å². The number of rotatable bonds is 6. The molecule has 1 saturated heterocycles. The molecule has 2 heterocycles. The van der Waals surface area contributed by atoms with E-state index in [1.807, 2.05) is 29.0 Å². The van der Waals surface area contributed by atoms with Crippen molar-refractivity contribution >= 4 is 6.03 Å². The first-order chi connectivity index (χ1) is 10.7. The second kappa shape index (κ2) is 7.13. The van der Waals surface area contributed by atoms with Crippen molar-refractivity contribution in [3.05, 3.63) is 18.0 Å². The summed E-state index contributed by atoms with van der Waals surface area (Å²) in [6, 6.07) is 0.380. The number of nitrogens with one attached hydrogen (secondary N) is 1. The number of morpholine rings is 1. The van der Waals surface area contributed by atoms with E-state index in [9.17, 15) is 4.79 Å². The maximum Gasteiger partial charge on any atom is 0.317 e. The van der Waals surface area contributed by atoms with Gasteiger partial charge in [0.2, 0.25) is 0 Å². The second-order valence-electron chi connectivity index (χ2n) is 6.38. The standard InChI is InChI=1S/C16H26N4O2/c1-19-11-13(10-18-19)4-2-3-7-17-16(21)20-8-9-22-12-15(20)14-5-6-14/h10-11,14-15H,2-9,12H2,1H3,(H,17,21)/t15-/m1/s1. The smallest absolute Gasteiger partial charge is 0.317 e. The molecule has 22 heavy (non-hydrogen) atoms. The monoisotopic (exact) mass is 306 g/mol. The third-order valence-corrected chi connectivity index (χ3v) is 4.52. The molecule has 1 aromatic rings. The van der Waals surface area contributed by atoms with E-state index < -0.39 is 0 Å². The van der Waals surface area contributed by atoms with Gasteiger partial charge < -0.3 is 15.0 Å². The van der Waals surface area contributed by atoms with Crippen molar-refractivity contribution in [1.82, 2.24) is 20.0 Å². The van der Waals surface area contributed by atoms with Crippen LogP contribution in [0.2, 0.25) is 0 Å². The highest BCUT2D eigenvalue weighted by Gasteiger charge is 2.39. The summed E-state index contributed by atoms with van der Waals surface area (Å²) in [6.45, 7) is 2.84. The van der Waals surface area contributed by atoms with Crippen molar-refractivity contribution < 1.29 is 9.53 Å². The lowest BCUT2D eigenvalue weighted by Gasteiger charge is -2.35. The summed E-state index contributed by atoms with van der Waals surface area (Å²) >= 11 is 0. The summed E-state index contributed by atoms with van der Waals surface area (Å²) in [5.41, 5.74) is 1.26. The molecule has 0 spiro atoms. The van der Waals surface area contributed by atoms with Crippen molar-refractivity contribution in [2.24, 2.45) is 13.0 Å². The molecule has 0 radical (unpaired) electrons. The van der Waals surface area contributed by atoms with Gasteiger partial charge in [-0.3, -0.25) is 4.68 Å². The van der Waals surface area contributed by atoms with Crippen molar-refractivity contribution in [2.75, 3.05) is 26.3 Å². The summed E-state index contributed by atoms with van der Waals surface area (Å²) in [4.78, 5) is 14.3. The van der Waals surface area contributed by atoms with Crippen LogP contribution in [0.4, 0.5) is 4.79 Å². The van der Waals surface area contributed by atoms with Crippen molar-refractivity contribution in [1.29, 1.82) is 0 Å². The Kier molecular flexibility index (Phi) is 4.97. The van der Waals surface area contributed by atoms with E-state index in [0.717, 1.165) is 32.4 Å². The van der Waals surface area contributed by atoms with Gasteiger partial charge in [-0.05, 0) is 43.6 Å². The minimum atomic E-state index is 0.0848. The Balaban J connectivity index is 1.34. The normalized spacial score (nSPS) is 21.9. The van der Waals surface area contributed by atoms with Crippen LogP contribution >= 0.6 is 0 Å². The summed E-state index contributed by atoms with van der Waals surface area (Å²) in [5, 5.41) is 7.23. The predicted octanol–water partition coefficient (Wildman–Crippen LogP) is 1.56. The molecule has 1 N–H and O–H groups in total. The summed E-state index contributed by atoms with van der Waals surface area (Å²) in [5.74, 6) is 0.664. The number of carbonyl (C=O) groups is 1. The van der Waals surface area contributed by atoms with Gasteiger partial charge in [0.05, 0.1) is 25.5 Å². The van der Waals surface area contributed by atoms with E-state index in [4.69, 9.17) is 4.74 Å². The van der Waals surface area contributed by atoms with Crippen LogP contribution in [-0.4, -0.2) is 53.1 Å². The van der Waals surface area contributed by atoms with Crippen LogP contribution in [0.15, 0.2) is 12.4 Å². The molecule has 6 nitrogen and oxygen atoms in total. The molecule has 0 unspecified atom stereocenters. The first-order valence-corrected chi connectivity index (χ1v) is 8.34. The lowest BCUT2D eigenvalue weighted by Crippen LogP contribution is -2.53. The van der Waals surface area contributed by atoms with Gasteiger partial charge in [-0.15, -0.1) is 0 Å². The Morgan fingerprint density at radius 1 is 1.45 bits per heavy atom. The molecular weight excluding hydrogens is 280 g/mol. The van der Waals surface area contributed by atoms with Gasteiger partial charge in [0.1, 0.15) is 0 Å². The first kappa shape index (κ1) is 15.3. The third kappa shape index (κ3) is 4.00. The number of aryl methyl sites for hydroxylation is 2. The van der Waals surface area contributed by atoms with E-state index in [2.05, 4.69) is 10.4 Å². The minimum Gasteiger partial charge on any atom is -0.377 e. The molecule has 1 aliphatic heterocycles. The van der Waals surface area contributed by atoms with E-state index in [-0.39, 0.29) is 6.03 Å². The number of carbonyl (C=O) groups excluding carboxylic acids is 1. The van der Waals surface area contributed by atoms with Gasteiger partial charge in [0.15, 0.2) is 0 Å². The van der Waals surface area contributed by atoms with Gasteiger partial charge in [0.25, 0.3) is 0 Å². The van der Waals surface area contributed by atoms with Crippen LogP contribution < -0.4 is 5.32 Å². The Morgan fingerprint density at radius 2 is 2.32 bits per heavy atom. The second-order valence-corrected chi connectivity index (χ2v) is 6.38. The van der Waals surface area contributed by atoms with Gasteiger partial charge in [-0.1, -0.05) is 0 Å². The molecule has 1 atom stereocenters. The fourth-order valence-electron chi connectivity index (χ4n) is 3.10. The lowest BCUT2D eigenvalue weighted by atomic mass is 10.1. The summed E-state index contributed by atoms with van der Waals surface area (Å²) in [6.07, 6.45) is 9.52. The maximum atomic E-state index is 12.3. The van der Waals surface area contributed by atoms with Crippen molar-refractivity contribution in [2.45, 2.75) is 38.1 Å². The number of ether oxygens (including phenoxy) is 1. The number of urea groups is 1. The molecule has 1 aromatic heterocycles. The average Bonchev–Trinajstić information content (AvgIpc) is 3.29. The number of hydrogen-bond donors (Lipinski definition) is 1. The Labute approximate surface area is 131 Å². The number of hydrogen-bond acceptors (Lipinski definition) is 3. The molecule has 2 amide bonds. The average molecular weight is 306 g/mol. The highest BCUT2D eigenvalue weighted by molar-refractivity contribution is 5.74. The molecule has 6 heteroatoms. The summed E-state index contributed by atoms with van der Waals surface area (Å²) < 4.78 is 7.36. The minimum absolute atomic E-state index is 0.0848. The number of unbranched alkanes of at least 4 members (excludes halogenated alkanes) is 1. The van der Waals surface area contributed by atoms with Gasteiger partial charge in [-0.2, -0.15) is 5.10 Å². The fourth-order valence-corrected chi connectivity index (χ4v) is 3.10. The molecule has 2 aliphatic rings. The topological polar surface area (TPSA) is 59.4 Å². The van der Waals surface area contributed by atoms with Gasteiger partial charge in [0, 0.05) is 26.3 Å². The van der Waals surface area contributed by atoms with E-state index >= 15 is 0 Å². The van der Waals surface area contributed by atoms with Crippen LogP contribution in [0.3, 0.4) is 0 Å². The highest BCUT2D eigenvalue weighted by atomic mass is 16.5. The van der Waals surface area contributed by atoms with Gasteiger partial charge in [-0.25, -0.2) is 4.79 Å². The highest BCUT2D eigenvalue weighted by Crippen LogP contribution is 2.36. The fraction of sp³-hybridized carbons (Fsp3) is 0.750. The zero-order valence-electron chi connectivity index (χ0n) is 13.3. The molecule has 0 aromatic carbocycles. The zero-order valence-corrected chi connectivity index (χ0v) is 13.3. The Hall–Kier alpha value is -1.56. The number of nitrogens with zero attached hydrogens (tertiary/aromatic N) is 3. The van der Waals surface area contributed by atoms with Crippen LogP contribution in [0, 0.1) is 5.92 Å². The maximum absolute atomic E-state index is 12.3. The van der Waals surface area contributed by atoms with E-state index in [1.165, 1.54) is 18.4 Å². The van der Waals surface area contributed by atoms with Crippen molar-refractivity contribution in [3.63, 3.8) is 0 Å². The van der Waals surface area contributed by atoms with Gasteiger partial charge >= 0.3 is 6.03 Å². The molecule has 1 saturated carbocycles. The van der Waals surface area contributed by atoms with E-state index in [1.54, 1.807) is 0 Å². The third-order valence-electron chi connectivity index (χ3n) is 4.52. The number of aromatic nitrogens is 2. The molecule has 0 bridgehead atoms. The van der Waals surface area contributed by atoms with Crippen molar-refractivity contribution in [3.8, 4) is 0 Å². The molecule has 1 aliphatic carbocycles. The lowest BCUT2D eigenvalue weighted by molar-refractivity contribution is 0.00473. The van der Waals surface area contributed by atoms with Crippen LogP contribution in [-0.2, 0) is 18.2 Å². The number of amides is 2. The predicted molar refractivity (Wildman–Crippen MR) is 83.6 cm³/mol. The zero-order chi connectivity index (χ0) is 15.4. The SMILES string of the molecule is Cn1cc(CCCCNC(=O)N2CCOC[C@@H]2C2CC2)cn1. The van der Waals surface area contributed by atoms with Crippen LogP contribution in [0.5, 0.6) is 0 Å². The first-order valence-electron chi connectivity index (χ1n) is 8.34. The Bertz CT molecular complexity index is 498. The largest absolute Gasteiger partial charge is 0.377 e. The molecular formula is C16H26N4O2. The quantitative estimate of drug-likeness (QED) is 0.812. The Morgan fingerprint density at radius 3 is 3.05 bits per heavy atom. The van der Waals surface area contributed by atoms with Crippen LogP contribution in [0.1, 0.15) is 31.2 Å². The summed E-state index contributed by atoms with van der Waals surface area (Å²) in [7, 11) is 1.93.